The SMILES string of the molecule is C1=C(c2ccc3c(c2)c2ccccc2n3-c2cccc3c2sc2ccccc23)C2Sc3c(-c4ccccc4-c4cccc5c4oc4ccc(-n6c7ccccc7c7ccccc76)cc45)cccc3C2C(c2ccccc2-c2ccc3c(c2)c2ccccc2n3-c2ccccc2)=C1. The molecule has 0 saturated carbocycles. The fraction of sp³-hybridized carbons (Fsp3) is 0.0222. The van der Waals surface area contributed by atoms with Crippen LogP contribution in [0.5, 0.6) is 0 Å². The lowest BCUT2D eigenvalue weighted by molar-refractivity contribution is 0.670. The van der Waals surface area contributed by atoms with Crippen LogP contribution >= 0.6 is 23.1 Å². The number of hydrogen-bond donors (Lipinski definition) is 0. The van der Waals surface area contributed by atoms with Crippen LogP contribution in [0.4, 0.5) is 0 Å². The first-order valence-corrected chi connectivity index (χ1v) is 34.7. The van der Waals surface area contributed by atoms with Gasteiger partial charge in [0.15, 0.2) is 0 Å². The summed E-state index contributed by atoms with van der Waals surface area (Å²) in [4.78, 5) is 1.31. The van der Waals surface area contributed by atoms with Crippen LogP contribution in [0, 0.1) is 0 Å². The molecule has 6 heterocycles. The van der Waals surface area contributed by atoms with Gasteiger partial charge in [0.2, 0.25) is 0 Å². The van der Waals surface area contributed by atoms with Crippen molar-refractivity contribution in [2.45, 2.75) is 16.1 Å². The lowest BCUT2D eigenvalue weighted by Crippen LogP contribution is -2.18. The average molecular weight is 1260 g/mol. The van der Waals surface area contributed by atoms with Crippen LogP contribution in [0.2, 0.25) is 0 Å². The zero-order valence-electron chi connectivity index (χ0n) is 51.8. The van der Waals surface area contributed by atoms with Gasteiger partial charge in [-0.1, -0.05) is 231 Å². The van der Waals surface area contributed by atoms with Gasteiger partial charge in [0.05, 0.1) is 43.5 Å². The van der Waals surface area contributed by atoms with Gasteiger partial charge in [-0.15, -0.1) is 23.1 Å². The van der Waals surface area contributed by atoms with Gasteiger partial charge in [-0.3, -0.25) is 0 Å². The molecule has 0 amide bonds. The highest BCUT2D eigenvalue weighted by Gasteiger charge is 2.42. The predicted molar refractivity (Wildman–Crippen MR) is 407 cm³/mol. The van der Waals surface area contributed by atoms with Crippen molar-refractivity contribution in [1.82, 2.24) is 13.7 Å². The van der Waals surface area contributed by atoms with Crippen LogP contribution in [0.1, 0.15) is 22.6 Å². The zero-order valence-corrected chi connectivity index (χ0v) is 53.5. The van der Waals surface area contributed by atoms with Crippen molar-refractivity contribution in [2.75, 3.05) is 0 Å². The Kier molecular flexibility index (Phi) is 11.7. The minimum Gasteiger partial charge on any atom is -0.455 e. The smallest absolute Gasteiger partial charge is 0.143 e. The number of thiophene rings is 1. The van der Waals surface area contributed by atoms with E-state index in [-0.39, 0.29) is 11.2 Å². The molecule has 448 valence electrons. The minimum absolute atomic E-state index is 0.0205. The fourth-order valence-electron chi connectivity index (χ4n) is 16.6. The number of rotatable bonds is 8. The molecule has 1 aliphatic heterocycles. The summed E-state index contributed by atoms with van der Waals surface area (Å²) in [5.74, 6) is 0.0205. The highest BCUT2D eigenvalue weighted by molar-refractivity contribution is 8.01. The predicted octanol–water partition coefficient (Wildman–Crippen LogP) is 25.0. The first-order chi connectivity index (χ1) is 47.6. The fourth-order valence-corrected chi connectivity index (χ4v) is 19.4. The number of furan rings is 1. The van der Waals surface area contributed by atoms with Crippen LogP contribution in [0.3, 0.4) is 0 Å². The third kappa shape index (κ3) is 7.85. The molecule has 0 saturated heterocycles. The molecule has 1 aliphatic carbocycles. The number of nitrogens with zero attached hydrogens (tertiary/aromatic N) is 3. The Morgan fingerprint density at radius 3 is 1.55 bits per heavy atom. The molecule has 2 atom stereocenters. The van der Waals surface area contributed by atoms with Crippen LogP contribution < -0.4 is 0 Å². The van der Waals surface area contributed by atoms with Crippen molar-refractivity contribution in [2.24, 2.45) is 0 Å². The largest absolute Gasteiger partial charge is 0.455 e. The molecule has 19 aromatic rings. The van der Waals surface area contributed by atoms with E-state index in [1.54, 1.807) is 0 Å². The number of benzene rings is 14. The Labute approximate surface area is 560 Å². The van der Waals surface area contributed by atoms with Crippen LogP contribution in [0.15, 0.2) is 331 Å². The molecule has 2 aliphatic rings. The summed E-state index contributed by atoms with van der Waals surface area (Å²) in [6, 6.07) is 115. The van der Waals surface area contributed by atoms with Crippen molar-refractivity contribution in [3.8, 4) is 50.4 Å². The van der Waals surface area contributed by atoms with Gasteiger partial charge in [0, 0.05) is 91.6 Å². The van der Waals surface area contributed by atoms with E-state index in [0.29, 0.717) is 0 Å². The normalized spacial score (nSPS) is 14.8. The van der Waals surface area contributed by atoms with Crippen molar-refractivity contribution < 1.29 is 4.42 Å². The molecule has 0 N–H and O–H groups in total. The maximum absolute atomic E-state index is 7.07. The van der Waals surface area contributed by atoms with E-state index >= 15 is 0 Å². The van der Waals surface area contributed by atoms with Crippen LogP contribution in [-0.2, 0) is 0 Å². The highest BCUT2D eigenvalue weighted by Crippen LogP contribution is 2.61. The average Bonchev–Trinajstić information content (AvgIpc) is 1.57. The number of fused-ring (bicyclic) bond motifs is 18. The number of allylic oxidation sites excluding steroid dienone is 3. The topological polar surface area (TPSA) is 27.9 Å². The molecule has 0 radical (unpaired) electrons. The summed E-state index contributed by atoms with van der Waals surface area (Å²) < 4.78 is 17.0. The molecular formula is C90H55N3OS2. The molecule has 0 bridgehead atoms. The second-order valence-corrected chi connectivity index (χ2v) is 27.9. The van der Waals surface area contributed by atoms with Gasteiger partial charge in [-0.05, 0) is 147 Å². The Bertz CT molecular complexity index is 6530. The molecule has 0 fully saturated rings. The second-order valence-electron chi connectivity index (χ2n) is 25.7. The highest BCUT2D eigenvalue weighted by atomic mass is 32.2. The number of aromatic nitrogens is 3. The summed E-state index contributed by atoms with van der Waals surface area (Å²) in [6.45, 7) is 0. The Hall–Kier alpha value is -11.7. The number of thioether (sulfide) groups is 1. The van der Waals surface area contributed by atoms with E-state index in [0.717, 1.165) is 44.4 Å². The third-order valence-corrected chi connectivity index (χ3v) is 23.4. The van der Waals surface area contributed by atoms with Gasteiger partial charge in [-0.25, -0.2) is 0 Å². The molecule has 2 unspecified atom stereocenters. The van der Waals surface area contributed by atoms with E-state index in [1.165, 1.54) is 146 Å². The first kappa shape index (κ1) is 53.8. The second kappa shape index (κ2) is 20.9. The third-order valence-electron chi connectivity index (χ3n) is 20.7. The summed E-state index contributed by atoms with van der Waals surface area (Å²) in [6.07, 6.45) is 4.93. The van der Waals surface area contributed by atoms with Gasteiger partial charge in [-0.2, -0.15) is 0 Å². The van der Waals surface area contributed by atoms with Gasteiger partial charge < -0.3 is 18.1 Å². The van der Waals surface area contributed by atoms with E-state index in [4.69, 9.17) is 4.42 Å². The monoisotopic (exact) mass is 1260 g/mol. The number of para-hydroxylation sites is 6. The van der Waals surface area contributed by atoms with E-state index in [1.807, 2.05) is 23.1 Å². The van der Waals surface area contributed by atoms with Crippen LogP contribution in [0.25, 0.3) is 169 Å². The summed E-state index contributed by atoms with van der Waals surface area (Å²) in [7, 11) is 0. The molecule has 0 spiro atoms. The molecule has 21 rings (SSSR count). The Morgan fingerprint density at radius 1 is 0.302 bits per heavy atom. The van der Waals surface area contributed by atoms with Crippen molar-refractivity contribution >= 4 is 142 Å². The van der Waals surface area contributed by atoms with E-state index in [9.17, 15) is 0 Å². The first-order valence-electron chi connectivity index (χ1n) is 33.0. The van der Waals surface area contributed by atoms with Gasteiger partial charge in [0.1, 0.15) is 11.2 Å². The quantitative estimate of drug-likeness (QED) is 0.152. The van der Waals surface area contributed by atoms with E-state index in [2.05, 4.69) is 335 Å². The van der Waals surface area contributed by atoms with Crippen molar-refractivity contribution in [3.05, 3.63) is 338 Å². The van der Waals surface area contributed by atoms with E-state index < -0.39 is 0 Å². The molecular weight excluding hydrogens is 1200 g/mol. The molecule has 4 nitrogen and oxygen atoms in total. The molecule has 6 heteroatoms. The lowest BCUT2D eigenvalue weighted by Gasteiger charge is -2.30. The number of hydrogen-bond acceptors (Lipinski definition) is 3. The molecule has 96 heavy (non-hydrogen) atoms. The summed E-state index contributed by atoms with van der Waals surface area (Å²) in [5.41, 5.74) is 26.0. The maximum Gasteiger partial charge on any atom is 0.143 e. The van der Waals surface area contributed by atoms with Gasteiger partial charge in [0.25, 0.3) is 0 Å². The summed E-state index contributed by atoms with van der Waals surface area (Å²) in [5, 5.41) is 12.3. The van der Waals surface area contributed by atoms with Crippen molar-refractivity contribution in [1.29, 1.82) is 0 Å². The summed E-state index contributed by atoms with van der Waals surface area (Å²) >= 11 is 3.92. The van der Waals surface area contributed by atoms with Crippen molar-refractivity contribution in [3.63, 3.8) is 0 Å². The van der Waals surface area contributed by atoms with Gasteiger partial charge >= 0.3 is 0 Å². The van der Waals surface area contributed by atoms with Crippen LogP contribution in [-0.4, -0.2) is 19.0 Å². The Balaban J connectivity index is 0.733. The zero-order chi connectivity index (χ0) is 62.7. The molecule has 5 aromatic heterocycles. The lowest BCUT2D eigenvalue weighted by atomic mass is 9.75. The molecule has 14 aromatic carbocycles. The standard InChI is InChI=1S/C90H55N3OS2/c1-2-21-56(22-3-1)91-79-39-15-10-29-65(79)74-51-54(43-48-81(74)91)58-23-4-5-24-60(58)68-47-46-59(55-44-49-82-75(52-55)66-30-11-16-40-80(66)93(82)83-41-20-35-72-67-31-12-17-42-85(67)95-89(72)83)90-86(68)73-36-19-34-71(88(73)96-90)62-26-7-6-25-61(62)69-32-18-33-70-76-53-57(45-50-84(76)94-87(69)70)92-77-37-13-8-27-63(77)64-28-9-14-38-78(64)92/h1-53,86,90H. The Morgan fingerprint density at radius 2 is 0.812 bits per heavy atom. The maximum atomic E-state index is 7.07. The minimum atomic E-state index is 0.0205.